The summed E-state index contributed by atoms with van der Waals surface area (Å²) >= 11 is 1.69. The predicted molar refractivity (Wildman–Crippen MR) is 108 cm³/mol. The van der Waals surface area contributed by atoms with Crippen molar-refractivity contribution in [2.24, 2.45) is 0 Å². The Labute approximate surface area is 165 Å². The lowest BCUT2D eigenvalue weighted by molar-refractivity contribution is 0.0733. The molecule has 0 spiro atoms. The van der Waals surface area contributed by atoms with Gasteiger partial charge in [0.1, 0.15) is 5.82 Å². The Morgan fingerprint density at radius 1 is 1.30 bits per heavy atom. The highest BCUT2D eigenvalue weighted by Crippen LogP contribution is 2.27. The Morgan fingerprint density at radius 3 is 2.89 bits per heavy atom. The number of likely N-dealkylation sites (tertiary alicyclic amines) is 1. The quantitative estimate of drug-likeness (QED) is 0.810. The van der Waals surface area contributed by atoms with Gasteiger partial charge in [0, 0.05) is 47.4 Å². The second kappa shape index (κ2) is 8.07. The summed E-state index contributed by atoms with van der Waals surface area (Å²) in [6.07, 6.45) is 7.23. The molecule has 2 aromatic heterocycles. The Bertz CT molecular complexity index is 810. The van der Waals surface area contributed by atoms with Gasteiger partial charge in [-0.3, -0.25) is 4.79 Å². The van der Waals surface area contributed by atoms with Crippen LogP contribution in [0, 0.1) is 0 Å². The number of aromatic nitrogens is 2. The molecule has 6 heteroatoms. The molecule has 27 heavy (non-hydrogen) atoms. The molecular formula is C21H28N4OS. The predicted octanol–water partition coefficient (Wildman–Crippen LogP) is 3.50. The van der Waals surface area contributed by atoms with Gasteiger partial charge in [0.2, 0.25) is 0 Å². The van der Waals surface area contributed by atoms with E-state index in [-0.39, 0.29) is 5.91 Å². The van der Waals surface area contributed by atoms with E-state index in [2.05, 4.69) is 29.9 Å². The van der Waals surface area contributed by atoms with Gasteiger partial charge in [-0.2, -0.15) is 0 Å². The van der Waals surface area contributed by atoms with E-state index >= 15 is 0 Å². The van der Waals surface area contributed by atoms with Crippen molar-refractivity contribution in [2.45, 2.75) is 51.5 Å². The smallest absolute Gasteiger partial charge is 0.255 e. The molecule has 0 N–H and O–H groups in total. The van der Waals surface area contributed by atoms with Gasteiger partial charge >= 0.3 is 0 Å². The molecule has 0 radical (unpaired) electrons. The van der Waals surface area contributed by atoms with Crippen LogP contribution in [-0.4, -0.2) is 52.4 Å². The highest BCUT2D eigenvalue weighted by molar-refractivity contribution is 7.10. The third-order valence-corrected chi connectivity index (χ3v) is 6.72. The van der Waals surface area contributed by atoms with Crippen molar-refractivity contribution in [2.75, 3.05) is 26.7 Å². The zero-order chi connectivity index (χ0) is 18.8. The lowest BCUT2D eigenvalue weighted by Crippen LogP contribution is -2.36. The maximum atomic E-state index is 12.9. The van der Waals surface area contributed by atoms with Crippen molar-refractivity contribution in [3.05, 3.63) is 45.2 Å². The monoisotopic (exact) mass is 384 g/mol. The minimum atomic E-state index is 0.138. The second-order valence-electron chi connectivity index (χ2n) is 7.81. The molecule has 1 saturated heterocycles. The Morgan fingerprint density at radius 2 is 2.11 bits per heavy atom. The summed E-state index contributed by atoms with van der Waals surface area (Å²) in [4.78, 5) is 28.0. The van der Waals surface area contributed by atoms with Crippen molar-refractivity contribution in [3.8, 4) is 0 Å². The van der Waals surface area contributed by atoms with E-state index in [0.717, 1.165) is 74.4 Å². The van der Waals surface area contributed by atoms with Crippen molar-refractivity contribution < 1.29 is 4.79 Å². The van der Waals surface area contributed by atoms with Gasteiger partial charge in [-0.05, 0) is 45.5 Å². The number of rotatable bonds is 4. The number of hydrogen-bond acceptors (Lipinski definition) is 5. The molecule has 0 atom stereocenters. The first-order valence-electron chi connectivity index (χ1n) is 10.0. The Kier molecular flexibility index (Phi) is 5.55. The first kappa shape index (κ1) is 18.6. The van der Waals surface area contributed by atoms with Crippen LogP contribution in [0.1, 0.15) is 64.4 Å². The van der Waals surface area contributed by atoms with Gasteiger partial charge in [0.15, 0.2) is 0 Å². The van der Waals surface area contributed by atoms with Gasteiger partial charge in [-0.15, -0.1) is 11.3 Å². The molecule has 144 valence electrons. The van der Waals surface area contributed by atoms with E-state index < -0.39 is 0 Å². The van der Waals surface area contributed by atoms with Crippen LogP contribution >= 0.6 is 11.3 Å². The van der Waals surface area contributed by atoms with Crippen LogP contribution in [0.15, 0.2) is 17.6 Å². The van der Waals surface area contributed by atoms with Crippen LogP contribution < -0.4 is 0 Å². The first-order valence-corrected chi connectivity index (χ1v) is 10.9. The minimum absolute atomic E-state index is 0.138. The summed E-state index contributed by atoms with van der Waals surface area (Å²) in [5, 5.41) is 2.00. The average molecular weight is 385 g/mol. The minimum Gasteiger partial charge on any atom is -0.334 e. The number of carbonyl (C=O) groups is 1. The van der Waals surface area contributed by atoms with E-state index in [1.807, 2.05) is 16.5 Å². The van der Waals surface area contributed by atoms with Crippen LogP contribution in [0.4, 0.5) is 0 Å². The first-order chi connectivity index (χ1) is 13.1. The van der Waals surface area contributed by atoms with E-state index in [4.69, 9.17) is 4.98 Å². The number of hydrogen-bond donors (Lipinski definition) is 0. The van der Waals surface area contributed by atoms with Gasteiger partial charge in [0.25, 0.3) is 5.91 Å². The highest BCUT2D eigenvalue weighted by atomic mass is 32.1. The molecule has 0 bridgehead atoms. The lowest BCUT2D eigenvalue weighted by Gasteiger charge is -2.30. The number of amides is 1. The fourth-order valence-corrected chi connectivity index (χ4v) is 4.99. The van der Waals surface area contributed by atoms with Crippen LogP contribution in [0.2, 0.25) is 0 Å². The zero-order valence-corrected chi connectivity index (χ0v) is 17.1. The van der Waals surface area contributed by atoms with Crippen LogP contribution in [0.3, 0.4) is 0 Å². The van der Waals surface area contributed by atoms with Crippen molar-refractivity contribution in [1.29, 1.82) is 0 Å². The Balaban J connectivity index is 1.44. The topological polar surface area (TPSA) is 49.3 Å². The molecule has 0 unspecified atom stereocenters. The molecule has 0 aliphatic carbocycles. The number of thiophene rings is 1. The molecule has 4 heterocycles. The maximum absolute atomic E-state index is 12.9. The Hall–Kier alpha value is -1.79. The van der Waals surface area contributed by atoms with Gasteiger partial charge in [-0.25, -0.2) is 9.97 Å². The van der Waals surface area contributed by atoms with Crippen LogP contribution in [-0.2, 0) is 19.4 Å². The van der Waals surface area contributed by atoms with Crippen molar-refractivity contribution in [1.82, 2.24) is 19.8 Å². The number of nitrogens with zero attached hydrogens (tertiary/aromatic N) is 4. The molecule has 2 aliphatic heterocycles. The summed E-state index contributed by atoms with van der Waals surface area (Å²) in [6.45, 7) is 5.78. The van der Waals surface area contributed by atoms with Gasteiger partial charge < -0.3 is 9.80 Å². The van der Waals surface area contributed by atoms with Crippen LogP contribution in [0.5, 0.6) is 0 Å². The SMILES string of the molecule is CCCc1cc(C(=O)N2CCc3nc(C4CCN(C)CC4)ncc3C2)cs1. The second-order valence-corrected chi connectivity index (χ2v) is 8.80. The number of piperidine rings is 1. The summed E-state index contributed by atoms with van der Waals surface area (Å²) < 4.78 is 0. The molecule has 2 aliphatic rings. The van der Waals surface area contributed by atoms with E-state index in [0.29, 0.717) is 12.5 Å². The number of carbonyl (C=O) groups excluding carboxylic acids is 1. The summed E-state index contributed by atoms with van der Waals surface area (Å²) in [7, 11) is 2.17. The van der Waals surface area contributed by atoms with Gasteiger partial charge in [-0.1, -0.05) is 13.3 Å². The number of fused-ring (bicyclic) bond motifs is 1. The molecular weight excluding hydrogens is 356 g/mol. The third-order valence-electron chi connectivity index (χ3n) is 5.72. The standard InChI is InChI=1S/C21H28N4OS/c1-3-4-18-11-16(14-27-18)21(26)25-10-7-19-17(13-25)12-22-20(23-19)15-5-8-24(2)9-6-15/h11-12,14-15H,3-10,13H2,1-2H3. The highest BCUT2D eigenvalue weighted by Gasteiger charge is 2.26. The molecule has 4 rings (SSSR count). The zero-order valence-electron chi connectivity index (χ0n) is 16.3. The molecule has 2 aromatic rings. The van der Waals surface area contributed by atoms with Crippen LogP contribution in [0.25, 0.3) is 0 Å². The molecule has 1 fully saturated rings. The number of aryl methyl sites for hydroxylation is 1. The average Bonchev–Trinajstić information content (AvgIpc) is 3.16. The summed E-state index contributed by atoms with van der Waals surface area (Å²) in [5.74, 6) is 1.62. The summed E-state index contributed by atoms with van der Waals surface area (Å²) in [5.41, 5.74) is 3.08. The van der Waals surface area contributed by atoms with E-state index in [9.17, 15) is 4.79 Å². The third kappa shape index (κ3) is 4.06. The fraction of sp³-hybridized carbons (Fsp3) is 0.571. The molecule has 1 amide bonds. The molecule has 0 saturated carbocycles. The molecule has 5 nitrogen and oxygen atoms in total. The summed E-state index contributed by atoms with van der Waals surface area (Å²) in [6, 6.07) is 2.06. The maximum Gasteiger partial charge on any atom is 0.255 e. The van der Waals surface area contributed by atoms with Crippen molar-refractivity contribution >= 4 is 17.2 Å². The normalized spacial score (nSPS) is 18.5. The fourth-order valence-electron chi connectivity index (χ4n) is 4.02. The molecule has 0 aromatic carbocycles. The van der Waals surface area contributed by atoms with Gasteiger partial charge in [0.05, 0.1) is 11.3 Å². The van der Waals surface area contributed by atoms with E-state index in [1.54, 1.807) is 11.3 Å². The lowest BCUT2D eigenvalue weighted by atomic mass is 9.95. The largest absolute Gasteiger partial charge is 0.334 e. The van der Waals surface area contributed by atoms with Crippen molar-refractivity contribution in [3.63, 3.8) is 0 Å². The van der Waals surface area contributed by atoms with E-state index in [1.165, 1.54) is 4.88 Å².